The minimum absolute atomic E-state index is 0. The van der Waals surface area contributed by atoms with Crippen molar-refractivity contribution in [2.75, 3.05) is 0 Å². The van der Waals surface area contributed by atoms with Crippen LogP contribution >= 0.6 is 24.0 Å². The first-order valence-corrected chi connectivity index (χ1v) is 7.78. The molecule has 3 nitrogen and oxygen atoms in total. The standard InChI is InChI=1S/C16H23ClN2O.ClH/c1-2-15(12-6-3-7-13(17)9-12)19-16(20)10-11-5-4-8-14(11)18;/h3,6-7,9,11,14-15H,2,4-5,8,10,18H2,1H3,(H,19,20);1H/t11-,14+,15?;/m0./s1. The van der Waals surface area contributed by atoms with E-state index in [0.717, 1.165) is 31.2 Å². The van der Waals surface area contributed by atoms with Crippen LogP contribution in [0, 0.1) is 5.92 Å². The van der Waals surface area contributed by atoms with Gasteiger partial charge in [0.2, 0.25) is 5.91 Å². The van der Waals surface area contributed by atoms with E-state index in [0.29, 0.717) is 17.4 Å². The molecule has 0 saturated heterocycles. The maximum Gasteiger partial charge on any atom is 0.220 e. The molecule has 1 aliphatic rings. The maximum atomic E-state index is 12.2. The number of halogens is 2. The molecule has 1 unspecified atom stereocenters. The Kier molecular flexibility index (Phi) is 7.50. The first kappa shape index (κ1) is 18.3. The minimum atomic E-state index is 0. The van der Waals surface area contributed by atoms with Crippen LogP contribution in [0.25, 0.3) is 0 Å². The number of hydrogen-bond donors (Lipinski definition) is 2. The van der Waals surface area contributed by atoms with Crippen LogP contribution in [0.3, 0.4) is 0 Å². The molecule has 0 radical (unpaired) electrons. The van der Waals surface area contributed by atoms with E-state index >= 15 is 0 Å². The molecule has 118 valence electrons. The zero-order chi connectivity index (χ0) is 14.5. The summed E-state index contributed by atoms with van der Waals surface area (Å²) in [5, 5.41) is 3.81. The number of benzene rings is 1. The molecule has 1 aromatic rings. The molecular weight excluding hydrogens is 307 g/mol. The van der Waals surface area contributed by atoms with Gasteiger partial charge in [0.1, 0.15) is 0 Å². The van der Waals surface area contributed by atoms with E-state index in [4.69, 9.17) is 17.3 Å². The van der Waals surface area contributed by atoms with E-state index in [1.165, 1.54) is 0 Å². The summed E-state index contributed by atoms with van der Waals surface area (Å²) in [6.45, 7) is 2.06. The lowest BCUT2D eigenvalue weighted by molar-refractivity contribution is -0.122. The third-order valence-corrected chi connectivity index (χ3v) is 4.40. The number of amides is 1. The first-order valence-electron chi connectivity index (χ1n) is 7.40. The van der Waals surface area contributed by atoms with E-state index in [-0.39, 0.29) is 30.4 Å². The molecule has 1 saturated carbocycles. The Morgan fingerprint density at radius 1 is 1.48 bits per heavy atom. The van der Waals surface area contributed by atoms with Crippen LogP contribution < -0.4 is 11.1 Å². The highest BCUT2D eigenvalue weighted by Gasteiger charge is 2.26. The van der Waals surface area contributed by atoms with Gasteiger partial charge in [0.25, 0.3) is 0 Å². The van der Waals surface area contributed by atoms with Gasteiger partial charge in [-0.1, -0.05) is 37.1 Å². The molecule has 2 rings (SSSR count). The molecule has 0 bridgehead atoms. The fourth-order valence-electron chi connectivity index (χ4n) is 2.95. The molecule has 1 aliphatic carbocycles. The van der Waals surface area contributed by atoms with Gasteiger partial charge in [0.15, 0.2) is 0 Å². The molecule has 1 fully saturated rings. The second-order valence-electron chi connectivity index (χ2n) is 5.64. The van der Waals surface area contributed by atoms with Crippen LogP contribution in [0.5, 0.6) is 0 Å². The Morgan fingerprint density at radius 3 is 2.81 bits per heavy atom. The van der Waals surface area contributed by atoms with Gasteiger partial charge in [-0.2, -0.15) is 0 Å². The van der Waals surface area contributed by atoms with Crippen molar-refractivity contribution in [2.45, 2.75) is 51.1 Å². The largest absolute Gasteiger partial charge is 0.349 e. The first-order chi connectivity index (χ1) is 9.60. The average molecular weight is 331 g/mol. The van der Waals surface area contributed by atoms with E-state index in [2.05, 4.69) is 12.2 Å². The van der Waals surface area contributed by atoms with Crippen LogP contribution in [0.4, 0.5) is 0 Å². The lowest BCUT2D eigenvalue weighted by atomic mass is 9.98. The lowest BCUT2D eigenvalue weighted by Gasteiger charge is -2.20. The predicted molar refractivity (Wildman–Crippen MR) is 89.8 cm³/mol. The SMILES string of the molecule is CCC(NC(=O)C[C@@H]1CCC[C@H]1N)c1cccc(Cl)c1.Cl. The molecular formula is C16H24Cl2N2O. The minimum Gasteiger partial charge on any atom is -0.349 e. The van der Waals surface area contributed by atoms with Gasteiger partial charge in [0, 0.05) is 17.5 Å². The van der Waals surface area contributed by atoms with E-state index in [1.54, 1.807) is 0 Å². The molecule has 1 aromatic carbocycles. The van der Waals surface area contributed by atoms with Crippen LogP contribution in [0.1, 0.15) is 50.6 Å². The summed E-state index contributed by atoms with van der Waals surface area (Å²) in [5.74, 6) is 0.436. The highest BCUT2D eigenvalue weighted by atomic mass is 35.5. The van der Waals surface area contributed by atoms with E-state index in [1.807, 2.05) is 24.3 Å². The zero-order valence-electron chi connectivity index (χ0n) is 12.3. The van der Waals surface area contributed by atoms with Gasteiger partial charge < -0.3 is 11.1 Å². The molecule has 0 heterocycles. The molecule has 3 atom stereocenters. The van der Waals surface area contributed by atoms with Crippen molar-refractivity contribution in [2.24, 2.45) is 11.7 Å². The second-order valence-corrected chi connectivity index (χ2v) is 6.08. The number of carbonyl (C=O) groups is 1. The van der Waals surface area contributed by atoms with Gasteiger partial charge in [-0.3, -0.25) is 4.79 Å². The van der Waals surface area contributed by atoms with Crippen LogP contribution in [0.15, 0.2) is 24.3 Å². The smallest absolute Gasteiger partial charge is 0.220 e. The summed E-state index contributed by atoms with van der Waals surface area (Å²) in [6.07, 6.45) is 4.65. The van der Waals surface area contributed by atoms with Gasteiger partial charge in [-0.05, 0) is 42.9 Å². The predicted octanol–water partition coefficient (Wildman–Crippen LogP) is 3.85. The normalized spacial score (nSPS) is 22.4. The van der Waals surface area contributed by atoms with Crippen molar-refractivity contribution < 1.29 is 4.79 Å². The monoisotopic (exact) mass is 330 g/mol. The quantitative estimate of drug-likeness (QED) is 0.861. The summed E-state index contributed by atoms with van der Waals surface area (Å²) in [7, 11) is 0. The van der Waals surface area contributed by atoms with Crippen LogP contribution in [0.2, 0.25) is 5.02 Å². The Hall–Kier alpha value is -0.770. The third kappa shape index (κ3) is 5.17. The average Bonchev–Trinajstić information content (AvgIpc) is 2.81. The second kappa shape index (κ2) is 8.62. The van der Waals surface area contributed by atoms with Gasteiger partial charge in [0.05, 0.1) is 6.04 Å². The van der Waals surface area contributed by atoms with Gasteiger partial charge >= 0.3 is 0 Å². The van der Waals surface area contributed by atoms with Crippen molar-refractivity contribution in [1.29, 1.82) is 0 Å². The number of rotatable bonds is 5. The summed E-state index contributed by atoms with van der Waals surface area (Å²) < 4.78 is 0. The van der Waals surface area contributed by atoms with Crippen molar-refractivity contribution >= 4 is 29.9 Å². The lowest BCUT2D eigenvalue weighted by Crippen LogP contribution is -2.33. The molecule has 21 heavy (non-hydrogen) atoms. The van der Waals surface area contributed by atoms with Crippen molar-refractivity contribution in [3.63, 3.8) is 0 Å². The van der Waals surface area contributed by atoms with Crippen LogP contribution in [-0.4, -0.2) is 11.9 Å². The van der Waals surface area contributed by atoms with Gasteiger partial charge in [-0.15, -0.1) is 12.4 Å². The highest BCUT2D eigenvalue weighted by Crippen LogP contribution is 2.27. The van der Waals surface area contributed by atoms with E-state index in [9.17, 15) is 4.79 Å². The van der Waals surface area contributed by atoms with Crippen LogP contribution in [-0.2, 0) is 4.79 Å². The van der Waals surface area contributed by atoms with Crippen molar-refractivity contribution in [1.82, 2.24) is 5.32 Å². The molecule has 1 amide bonds. The zero-order valence-corrected chi connectivity index (χ0v) is 13.9. The van der Waals surface area contributed by atoms with E-state index < -0.39 is 0 Å². The summed E-state index contributed by atoms with van der Waals surface area (Å²) >= 11 is 6.01. The van der Waals surface area contributed by atoms with Gasteiger partial charge in [-0.25, -0.2) is 0 Å². The fraction of sp³-hybridized carbons (Fsp3) is 0.562. The number of nitrogens with two attached hydrogens (primary N) is 1. The highest BCUT2D eigenvalue weighted by molar-refractivity contribution is 6.30. The molecule has 0 spiro atoms. The Morgan fingerprint density at radius 2 is 2.24 bits per heavy atom. The molecule has 0 aliphatic heterocycles. The van der Waals surface area contributed by atoms with Crippen molar-refractivity contribution in [3.8, 4) is 0 Å². The molecule has 5 heteroatoms. The Bertz CT molecular complexity index is 467. The fourth-order valence-corrected chi connectivity index (χ4v) is 3.15. The number of hydrogen-bond acceptors (Lipinski definition) is 2. The topological polar surface area (TPSA) is 55.1 Å². The Labute approximate surface area is 138 Å². The summed E-state index contributed by atoms with van der Waals surface area (Å²) in [5.41, 5.74) is 7.08. The molecule has 3 N–H and O–H groups in total. The number of carbonyl (C=O) groups excluding carboxylic acids is 1. The van der Waals surface area contributed by atoms with Crippen molar-refractivity contribution in [3.05, 3.63) is 34.9 Å². The number of nitrogens with one attached hydrogen (secondary N) is 1. The summed E-state index contributed by atoms with van der Waals surface area (Å²) in [6, 6.07) is 7.89. The maximum absolute atomic E-state index is 12.2. The third-order valence-electron chi connectivity index (χ3n) is 4.16. The summed E-state index contributed by atoms with van der Waals surface area (Å²) in [4.78, 5) is 12.2. The molecule has 0 aromatic heterocycles. The Balaban J connectivity index is 0.00000220.